The third-order valence-electron chi connectivity index (χ3n) is 5.73. The summed E-state index contributed by atoms with van der Waals surface area (Å²) in [7, 11) is 0. The lowest BCUT2D eigenvalue weighted by Crippen LogP contribution is -2.45. The fourth-order valence-electron chi connectivity index (χ4n) is 4.28. The molecular formula is C25H22N4O4. The monoisotopic (exact) mass is 442 g/mol. The standard InChI is InChI=1S/C25H22N4O4/c1-15(2)29-18-10-5-3-8-16(18)22(25(29)32)27-21(30)14-28-19-11-7-13-26-23(19)33-20-12-6-4-9-17(20)24(28)31/h3-13,15,22H,14H2,1-2H3,(H,27,30)/t22-/m0/s1. The molecule has 0 unspecified atom stereocenters. The summed E-state index contributed by atoms with van der Waals surface area (Å²) in [4.78, 5) is 46.8. The van der Waals surface area contributed by atoms with Gasteiger partial charge in [0.1, 0.15) is 24.0 Å². The van der Waals surface area contributed by atoms with Gasteiger partial charge in [0.05, 0.1) is 5.56 Å². The summed E-state index contributed by atoms with van der Waals surface area (Å²) in [5.41, 5.74) is 2.24. The summed E-state index contributed by atoms with van der Waals surface area (Å²) in [6.07, 6.45) is 1.56. The third kappa shape index (κ3) is 3.49. The number of rotatable bonds is 4. The maximum Gasteiger partial charge on any atom is 0.262 e. The second kappa shape index (κ2) is 8.05. The van der Waals surface area contributed by atoms with Gasteiger partial charge in [-0.15, -0.1) is 0 Å². The zero-order valence-electron chi connectivity index (χ0n) is 18.2. The Morgan fingerprint density at radius 1 is 1.03 bits per heavy atom. The maximum atomic E-state index is 13.3. The van der Waals surface area contributed by atoms with E-state index in [-0.39, 0.29) is 30.3 Å². The molecule has 8 heteroatoms. The number of hydrogen-bond acceptors (Lipinski definition) is 5. The van der Waals surface area contributed by atoms with E-state index in [1.165, 1.54) is 4.90 Å². The van der Waals surface area contributed by atoms with Crippen LogP contribution in [-0.2, 0) is 9.59 Å². The van der Waals surface area contributed by atoms with Crippen molar-refractivity contribution in [3.05, 3.63) is 78.0 Å². The van der Waals surface area contributed by atoms with E-state index in [1.807, 2.05) is 38.1 Å². The van der Waals surface area contributed by atoms with Crippen molar-refractivity contribution in [2.24, 2.45) is 0 Å². The van der Waals surface area contributed by atoms with E-state index in [1.54, 1.807) is 47.5 Å². The summed E-state index contributed by atoms with van der Waals surface area (Å²) >= 11 is 0. The summed E-state index contributed by atoms with van der Waals surface area (Å²) in [6.45, 7) is 3.56. The molecule has 0 spiro atoms. The van der Waals surface area contributed by atoms with Gasteiger partial charge in [0.2, 0.25) is 11.8 Å². The number of para-hydroxylation sites is 2. The van der Waals surface area contributed by atoms with E-state index in [4.69, 9.17) is 4.74 Å². The molecule has 166 valence electrons. The number of pyridine rings is 1. The second-order valence-corrected chi connectivity index (χ2v) is 8.18. The van der Waals surface area contributed by atoms with Crippen LogP contribution in [0.1, 0.15) is 35.8 Å². The Bertz CT molecular complexity index is 1270. The van der Waals surface area contributed by atoms with E-state index in [9.17, 15) is 14.4 Å². The number of benzene rings is 2. The van der Waals surface area contributed by atoms with Gasteiger partial charge in [0.15, 0.2) is 0 Å². The van der Waals surface area contributed by atoms with Crippen LogP contribution in [0, 0.1) is 0 Å². The van der Waals surface area contributed by atoms with Crippen LogP contribution in [0.15, 0.2) is 66.9 Å². The van der Waals surface area contributed by atoms with Crippen molar-refractivity contribution in [1.29, 1.82) is 0 Å². The number of carbonyl (C=O) groups excluding carboxylic acids is 3. The smallest absolute Gasteiger partial charge is 0.262 e. The van der Waals surface area contributed by atoms with Crippen LogP contribution in [-0.4, -0.2) is 35.3 Å². The minimum Gasteiger partial charge on any atom is -0.436 e. The number of nitrogens with one attached hydrogen (secondary N) is 1. The molecule has 2 aromatic carbocycles. The number of hydrogen-bond donors (Lipinski definition) is 1. The molecule has 0 bridgehead atoms. The first-order valence-corrected chi connectivity index (χ1v) is 10.7. The normalized spacial score (nSPS) is 16.6. The molecular weight excluding hydrogens is 420 g/mol. The average Bonchev–Trinajstić information content (AvgIpc) is 3.02. The van der Waals surface area contributed by atoms with Gasteiger partial charge in [-0.25, -0.2) is 4.98 Å². The van der Waals surface area contributed by atoms with Crippen molar-refractivity contribution in [1.82, 2.24) is 10.3 Å². The lowest BCUT2D eigenvalue weighted by atomic mass is 10.1. The van der Waals surface area contributed by atoms with E-state index >= 15 is 0 Å². The van der Waals surface area contributed by atoms with Gasteiger partial charge in [0.25, 0.3) is 11.8 Å². The first-order valence-electron chi connectivity index (χ1n) is 10.7. The highest BCUT2D eigenvalue weighted by atomic mass is 16.5. The van der Waals surface area contributed by atoms with E-state index in [0.29, 0.717) is 17.0 Å². The van der Waals surface area contributed by atoms with Crippen molar-refractivity contribution in [3.63, 3.8) is 0 Å². The Labute approximate surface area is 190 Å². The molecule has 3 aromatic rings. The molecule has 3 heterocycles. The Morgan fingerprint density at radius 3 is 2.58 bits per heavy atom. The van der Waals surface area contributed by atoms with Gasteiger partial charge < -0.3 is 15.0 Å². The molecule has 0 saturated heterocycles. The number of nitrogens with zero attached hydrogens (tertiary/aromatic N) is 3. The van der Waals surface area contributed by atoms with Crippen molar-refractivity contribution < 1.29 is 19.1 Å². The Kier molecular flexibility index (Phi) is 5.05. The number of aromatic nitrogens is 1. The molecule has 1 atom stereocenters. The molecule has 0 aliphatic carbocycles. The fourth-order valence-corrected chi connectivity index (χ4v) is 4.28. The Hall–Kier alpha value is -4.20. The Balaban J connectivity index is 1.44. The molecule has 5 rings (SSSR count). The summed E-state index contributed by atoms with van der Waals surface area (Å²) < 4.78 is 5.86. The molecule has 1 N–H and O–H groups in total. The van der Waals surface area contributed by atoms with Gasteiger partial charge in [-0.2, -0.15) is 0 Å². The van der Waals surface area contributed by atoms with Gasteiger partial charge in [-0.3, -0.25) is 19.3 Å². The van der Waals surface area contributed by atoms with Crippen LogP contribution < -0.4 is 19.9 Å². The molecule has 2 aliphatic rings. The largest absolute Gasteiger partial charge is 0.436 e. The molecule has 0 saturated carbocycles. The van der Waals surface area contributed by atoms with Crippen LogP contribution in [0.5, 0.6) is 11.6 Å². The quantitative estimate of drug-likeness (QED) is 0.668. The predicted molar refractivity (Wildman–Crippen MR) is 122 cm³/mol. The van der Waals surface area contributed by atoms with E-state index in [2.05, 4.69) is 10.3 Å². The molecule has 8 nitrogen and oxygen atoms in total. The topological polar surface area (TPSA) is 91.8 Å². The molecule has 33 heavy (non-hydrogen) atoms. The minimum absolute atomic E-state index is 0.0562. The SMILES string of the molecule is CC(C)N1C(=O)[C@@H](NC(=O)CN2C(=O)c3ccccc3Oc3ncccc32)c2ccccc21. The zero-order chi connectivity index (χ0) is 23.1. The lowest BCUT2D eigenvalue weighted by Gasteiger charge is -2.23. The minimum atomic E-state index is -0.810. The second-order valence-electron chi connectivity index (χ2n) is 8.18. The predicted octanol–water partition coefficient (Wildman–Crippen LogP) is 3.45. The number of anilines is 2. The third-order valence-corrected chi connectivity index (χ3v) is 5.73. The summed E-state index contributed by atoms with van der Waals surface area (Å²) in [6, 6.07) is 16.7. The van der Waals surface area contributed by atoms with Crippen LogP contribution in [0.2, 0.25) is 0 Å². The van der Waals surface area contributed by atoms with Crippen LogP contribution in [0.3, 0.4) is 0 Å². The molecule has 2 aliphatic heterocycles. The maximum absolute atomic E-state index is 13.3. The molecule has 1 aromatic heterocycles. The van der Waals surface area contributed by atoms with E-state index in [0.717, 1.165) is 11.3 Å². The average molecular weight is 442 g/mol. The first kappa shape index (κ1) is 20.7. The molecule has 0 fully saturated rings. The molecule has 3 amide bonds. The first-order chi connectivity index (χ1) is 16.0. The number of carbonyl (C=O) groups is 3. The number of amides is 3. The van der Waals surface area contributed by atoms with Gasteiger partial charge in [-0.05, 0) is 44.2 Å². The van der Waals surface area contributed by atoms with Gasteiger partial charge in [0, 0.05) is 23.5 Å². The van der Waals surface area contributed by atoms with Crippen molar-refractivity contribution in [2.75, 3.05) is 16.3 Å². The highest BCUT2D eigenvalue weighted by Crippen LogP contribution is 2.38. The van der Waals surface area contributed by atoms with Crippen LogP contribution in [0.25, 0.3) is 0 Å². The van der Waals surface area contributed by atoms with Crippen molar-refractivity contribution in [2.45, 2.75) is 25.9 Å². The fraction of sp³-hybridized carbons (Fsp3) is 0.200. The van der Waals surface area contributed by atoms with E-state index < -0.39 is 11.9 Å². The van der Waals surface area contributed by atoms with Gasteiger partial charge in [-0.1, -0.05) is 30.3 Å². The summed E-state index contributed by atoms with van der Waals surface area (Å²) in [5, 5.41) is 2.83. The number of ether oxygens (including phenoxy) is 1. The van der Waals surface area contributed by atoms with Crippen LogP contribution in [0.4, 0.5) is 11.4 Å². The van der Waals surface area contributed by atoms with Crippen LogP contribution >= 0.6 is 0 Å². The highest BCUT2D eigenvalue weighted by Gasteiger charge is 2.40. The molecule has 0 radical (unpaired) electrons. The Morgan fingerprint density at radius 2 is 1.76 bits per heavy atom. The number of fused-ring (bicyclic) bond motifs is 3. The lowest BCUT2D eigenvalue weighted by molar-refractivity contribution is -0.126. The zero-order valence-corrected chi connectivity index (χ0v) is 18.2. The van der Waals surface area contributed by atoms with Gasteiger partial charge >= 0.3 is 0 Å². The van der Waals surface area contributed by atoms with Crippen molar-refractivity contribution in [3.8, 4) is 11.6 Å². The highest BCUT2D eigenvalue weighted by molar-refractivity contribution is 6.12. The van der Waals surface area contributed by atoms with Crippen molar-refractivity contribution >= 4 is 29.1 Å². The summed E-state index contributed by atoms with van der Waals surface area (Å²) in [5.74, 6) is -0.432.